The lowest BCUT2D eigenvalue weighted by Crippen LogP contribution is -2.07. The molecule has 6 heteroatoms. The summed E-state index contributed by atoms with van der Waals surface area (Å²) in [5.74, 6) is 0.435. The average Bonchev–Trinajstić information content (AvgIpc) is 2.95. The lowest BCUT2D eigenvalue weighted by Gasteiger charge is -2.06. The fourth-order valence-corrected chi connectivity index (χ4v) is 1.93. The molecule has 0 amide bonds. The van der Waals surface area contributed by atoms with Crippen LogP contribution in [-0.4, -0.2) is 27.5 Å². The van der Waals surface area contributed by atoms with Crippen molar-refractivity contribution in [3.8, 4) is 11.6 Å². The molecule has 0 fully saturated rings. The summed E-state index contributed by atoms with van der Waals surface area (Å²) in [4.78, 5) is 22.6. The van der Waals surface area contributed by atoms with Crippen molar-refractivity contribution in [2.45, 2.75) is 6.92 Å². The van der Waals surface area contributed by atoms with E-state index in [0.717, 1.165) is 10.9 Å². The van der Waals surface area contributed by atoms with Gasteiger partial charge >= 0.3 is 5.97 Å². The molecule has 3 aromatic rings. The number of carbonyl (C=O) groups excluding carboxylic acids is 1. The minimum absolute atomic E-state index is 0.171. The summed E-state index contributed by atoms with van der Waals surface area (Å²) in [5.41, 5.74) is 1.20. The fourth-order valence-electron chi connectivity index (χ4n) is 1.93. The van der Waals surface area contributed by atoms with Crippen LogP contribution in [0.1, 0.15) is 17.4 Å². The van der Waals surface area contributed by atoms with Crippen molar-refractivity contribution in [3.05, 3.63) is 48.5 Å². The van der Waals surface area contributed by atoms with Crippen LogP contribution in [-0.2, 0) is 4.74 Å². The summed E-state index contributed by atoms with van der Waals surface area (Å²) in [7, 11) is 0. The fraction of sp³-hybridized carbons (Fsp3) is 0.133. The molecule has 3 rings (SSSR count). The summed E-state index contributed by atoms with van der Waals surface area (Å²) in [6, 6.07) is 9.03. The molecule has 106 valence electrons. The van der Waals surface area contributed by atoms with Crippen molar-refractivity contribution < 1.29 is 14.3 Å². The van der Waals surface area contributed by atoms with Crippen LogP contribution in [0.2, 0.25) is 0 Å². The van der Waals surface area contributed by atoms with Crippen molar-refractivity contribution >= 4 is 16.9 Å². The predicted molar refractivity (Wildman–Crippen MR) is 76.4 cm³/mol. The van der Waals surface area contributed by atoms with E-state index in [9.17, 15) is 4.79 Å². The molecular weight excluding hydrogens is 270 g/mol. The number of benzene rings is 1. The Labute approximate surface area is 120 Å². The average molecular weight is 283 g/mol. The van der Waals surface area contributed by atoms with Gasteiger partial charge in [-0.1, -0.05) is 0 Å². The Kier molecular flexibility index (Phi) is 3.51. The van der Waals surface area contributed by atoms with Crippen LogP contribution in [0.25, 0.3) is 10.9 Å². The van der Waals surface area contributed by atoms with E-state index in [2.05, 4.69) is 15.0 Å². The number of rotatable bonds is 4. The first kappa shape index (κ1) is 13.1. The van der Waals surface area contributed by atoms with Crippen LogP contribution < -0.4 is 4.74 Å². The molecule has 0 spiro atoms. The number of esters is 1. The van der Waals surface area contributed by atoms with E-state index >= 15 is 0 Å². The molecular formula is C15H13N3O3. The first-order valence-corrected chi connectivity index (χ1v) is 6.50. The molecule has 1 aromatic carbocycles. The third-order valence-electron chi connectivity index (χ3n) is 2.87. The Bertz CT molecular complexity index is 782. The van der Waals surface area contributed by atoms with Crippen LogP contribution in [0.3, 0.4) is 0 Å². The molecule has 0 saturated heterocycles. The molecule has 0 aliphatic heterocycles. The number of fused-ring (bicyclic) bond motifs is 1. The highest BCUT2D eigenvalue weighted by atomic mass is 16.5. The normalized spacial score (nSPS) is 10.5. The Balaban J connectivity index is 1.83. The monoisotopic (exact) mass is 283 g/mol. The number of aromatic amines is 1. The second kappa shape index (κ2) is 5.62. The maximum atomic E-state index is 11.6. The third-order valence-corrected chi connectivity index (χ3v) is 2.87. The second-order valence-corrected chi connectivity index (χ2v) is 4.29. The molecule has 0 aliphatic rings. The number of hydrogen-bond donors (Lipinski definition) is 1. The molecule has 1 N–H and O–H groups in total. The molecule has 0 saturated carbocycles. The Morgan fingerprint density at radius 3 is 3.00 bits per heavy atom. The lowest BCUT2D eigenvalue weighted by atomic mass is 10.2. The summed E-state index contributed by atoms with van der Waals surface area (Å²) < 4.78 is 10.5. The van der Waals surface area contributed by atoms with Gasteiger partial charge in [0.1, 0.15) is 12.1 Å². The highest BCUT2D eigenvalue weighted by Crippen LogP contribution is 2.24. The van der Waals surface area contributed by atoms with Gasteiger partial charge in [-0.3, -0.25) is 0 Å². The summed E-state index contributed by atoms with van der Waals surface area (Å²) in [5, 5.41) is 1.03. The SMILES string of the molecule is CCOC(=O)c1cc(Oc2ccc3[nH]ccc3c2)ncn1. The first-order valence-electron chi connectivity index (χ1n) is 6.50. The van der Waals surface area contributed by atoms with Gasteiger partial charge in [0, 0.05) is 23.2 Å². The smallest absolute Gasteiger partial charge is 0.357 e. The Hall–Kier alpha value is -2.89. The van der Waals surface area contributed by atoms with Crippen LogP contribution in [0.4, 0.5) is 0 Å². The van der Waals surface area contributed by atoms with E-state index < -0.39 is 5.97 Å². The minimum Gasteiger partial charge on any atom is -0.461 e. The largest absolute Gasteiger partial charge is 0.461 e. The predicted octanol–water partition coefficient (Wildman–Crippen LogP) is 2.93. The third kappa shape index (κ3) is 2.84. The molecule has 0 atom stereocenters. The number of nitrogens with zero attached hydrogens (tertiary/aromatic N) is 2. The van der Waals surface area contributed by atoms with E-state index in [-0.39, 0.29) is 5.69 Å². The summed E-state index contributed by atoms with van der Waals surface area (Å²) in [6.07, 6.45) is 3.13. The van der Waals surface area contributed by atoms with Gasteiger partial charge in [0.2, 0.25) is 5.88 Å². The lowest BCUT2D eigenvalue weighted by molar-refractivity contribution is 0.0518. The van der Waals surface area contributed by atoms with Gasteiger partial charge in [-0.2, -0.15) is 0 Å². The molecule has 0 bridgehead atoms. The minimum atomic E-state index is -0.495. The van der Waals surface area contributed by atoms with E-state index in [1.165, 1.54) is 12.4 Å². The van der Waals surface area contributed by atoms with E-state index in [1.807, 2.05) is 30.5 Å². The molecule has 0 aliphatic carbocycles. The number of ether oxygens (including phenoxy) is 2. The maximum Gasteiger partial charge on any atom is 0.357 e. The summed E-state index contributed by atoms with van der Waals surface area (Å²) >= 11 is 0. The number of H-pyrrole nitrogens is 1. The number of hydrogen-bond acceptors (Lipinski definition) is 5. The van der Waals surface area contributed by atoms with Gasteiger partial charge in [-0.15, -0.1) is 0 Å². The molecule has 0 radical (unpaired) electrons. The van der Waals surface area contributed by atoms with Gasteiger partial charge in [0.25, 0.3) is 0 Å². The van der Waals surface area contributed by atoms with Crippen molar-refractivity contribution in [2.75, 3.05) is 6.61 Å². The van der Waals surface area contributed by atoms with Gasteiger partial charge in [0.15, 0.2) is 5.69 Å². The zero-order valence-corrected chi connectivity index (χ0v) is 11.4. The van der Waals surface area contributed by atoms with Crippen molar-refractivity contribution in [2.24, 2.45) is 0 Å². The molecule has 2 aromatic heterocycles. The molecule has 6 nitrogen and oxygen atoms in total. The van der Waals surface area contributed by atoms with Gasteiger partial charge in [0.05, 0.1) is 6.61 Å². The van der Waals surface area contributed by atoms with Gasteiger partial charge < -0.3 is 14.5 Å². The number of nitrogens with one attached hydrogen (secondary N) is 1. The number of aromatic nitrogens is 3. The van der Waals surface area contributed by atoms with E-state index in [0.29, 0.717) is 18.2 Å². The quantitative estimate of drug-likeness (QED) is 0.745. The van der Waals surface area contributed by atoms with Gasteiger partial charge in [-0.05, 0) is 31.2 Å². The first-order chi connectivity index (χ1) is 10.3. The zero-order chi connectivity index (χ0) is 14.7. The van der Waals surface area contributed by atoms with Gasteiger partial charge in [-0.25, -0.2) is 14.8 Å². The van der Waals surface area contributed by atoms with Crippen molar-refractivity contribution in [1.29, 1.82) is 0 Å². The van der Waals surface area contributed by atoms with Crippen LogP contribution in [0.15, 0.2) is 42.9 Å². The highest BCUT2D eigenvalue weighted by Gasteiger charge is 2.10. The zero-order valence-electron chi connectivity index (χ0n) is 11.4. The van der Waals surface area contributed by atoms with Crippen molar-refractivity contribution in [3.63, 3.8) is 0 Å². The van der Waals surface area contributed by atoms with E-state index in [4.69, 9.17) is 9.47 Å². The van der Waals surface area contributed by atoms with Crippen LogP contribution in [0.5, 0.6) is 11.6 Å². The van der Waals surface area contributed by atoms with Crippen molar-refractivity contribution in [1.82, 2.24) is 15.0 Å². The standard InChI is InChI=1S/C15H13N3O3/c1-2-20-15(19)13-8-14(18-9-17-13)21-11-3-4-12-10(7-11)5-6-16-12/h3-9,16H,2H2,1H3. The Morgan fingerprint density at radius 2 is 2.14 bits per heavy atom. The highest BCUT2D eigenvalue weighted by molar-refractivity contribution is 5.87. The number of carbonyl (C=O) groups is 1. The molecule has 21 heavy (non-hydrogen) atoms. The topological polar surface area (TPSA) is 77.1 Å². The van der Waals surface area contributed by atoms with Crippen LogP contribution >= 0.6 is 0 Å². The Morgan fingerprint density at radius 1 is 1.24 bits per heavy atom. The van der Waals surface area contributed by atoms with Crippen LogP contribution in [0, 0.1) is 0 Å². The summed E-state index contributed by atoms with van der Waals surface area (Å²) in [6.45, 7) is 2.03. The van der Waals surface area contributed by atoms with E-state index in [1.54, 1.807) is 6.92 Å². The molecule has 0 unspecified atom stereocenters. The molecule has 2 heterocycles. The second-order valence-electron chi connectivity index (χ2n) is 4.29. The maximum absolute atomic E-state index is 11.6.